The van der Waals surface area contributed by atoms with Gasteiger partial charge in [-0.05, 0) is 12.5 Å². The van der Waals surface area contributed by atoms with Crippen LogP contribution in [0.15, 0.2) is 17.2 Å². The molecule has 0 radical (unpaired) electrons. The predicted molar refractivity (Wildman–Crippen MR) is 35.6 cm³/mol. The monoisotopic (exact) mass is 124 g/mol. The van der Waals surface area contributed by atoms with Gasteiger partial charge in [0.1, 0.15) is 0 Å². The summed E-state index contributed by atoms with van der Waals surface area (Å²) in [4.78, 5) is 0. The first kappa shape index (κ1) is 5.88. The van der Waals surface area contributed by atoms with Crippen LogP contribution in [-0.2, 0) is 0 Å². The van der Waals surface area contributed by atoms with Crippen LogP contribution in [0.3, 0.4) is 0 Å². The van der Waals surface area contributed by atoms with Crippen molar-refractivity contribution in [1.29, 1.82) is 0 Å². The molecule has 1 heterocycles. The standard InChI is InChI=1S/C6H8N2O/c1-4(2)5-3-6(7)8-9-5/h3H,1H2,2H3,(H2,7,8). The van der Waals surface area contributed by atoms with Crippen molar-refractivity contribution in [2.24, 2.45) is 0 Å². The van der Waals surface area contributed by atoms with Crippen LogP contribution in [0.5, 0.6) is 0 Å². The number of rotatable bonds is 1. The largest absolute Gasteiger partial charge is 0.381 e. The molecule has 0 unspecified atom stereocenters. The van der Waals surface area contributed by atoms with Crippen LogP contribution in [0.1, 0.15) is 12.7 Å². The molecule has 9 heavy (non-hydrogen) atoms. The molecule has 0 amide bonds. The lowest BCUT2D eigenvalue weighted by atomic mass is 10.3. The van der Waals surface area contributed by atoms with E-state index in [1.807, 2.05) is 6.92 Å². The first-order chi connectivity index (χ1) is 4.20. The molecule has 0 fully saturated rings. The third-order valence-corrected chi connectivity index (χ3v) is 0.949. The van der Waals surface area contributed by atoms with E-state index in [9.17, 15) is 0 Å². The maximum absolute atomic E-state index is 5.27. The van der Waals surface area contributed by atoms with Gasteiger partial charge < -0.3 is 10.3 Å². The third-order valence-electron chi connectivity index (χ3n) is 0.949. The van der Waals surface area contributed by atoms with Gasteiger partial charge in [-0.1, -0.05) is 11.7 Å². The number of hydrogen-bond donors (Lipinski definition) is 1. The van der Waals surface area contributed by atoms with Gasteiger partial charge in [0.05, 0.1) is 0 Å². The second-order valence-corrected chi connectivity index (χ2v) is 1.90. The zero-order chi connectivity index (χ0) is 6.85. The predicted octanol–water partition coefficient (Wildman–Crippen LogP) is 1.29. The fraction of sp³-hybridized carbons (Fsp3) is 0.167. The van der Waals surface area contributed by atoms with Crippen LogP contribution in [0.25, 0.3) is 5.57 Å². The Morgan fingerprint density at radius 3 is 2.78 bits per heavy atom. The fourth-order valence-corrected chi connectivity index (χ4v) is 0.490. The van der Waals surface area contributed by atoms with Gasteiger partial charge in [-0.2, -0.15) is 0 Å². The molecule has 3 heteroatoms. The Morgan fingerprint density at radius 2 is 2.56 bits per heavy atom. The Labute approximate surface area is 53.1 Å². The van der Waals surface area contributed by atoms with Crippen LogP contribution < -0.4 is 5.73 Å². The molecule has 0 aliphatic carbocycles. The van der Waals surface area contributed by atoms with Gasteiger partial charge in [0.15, 0.2) is 11.6 Å². The molecule has 0 atom stereocenters. The maximum atomic E-state index is 5.27. The highest BCUT2D eigenvalue weighted by molar-refractivity contribution is 5.58. The lowest BCUT2D eigenvalue weighted by molar-refractivity contribution is 0.413. The summed E-state index contributed by atoms with van der Waals surface area (Å²) in [6, 6.07) is 1.64. The maximum Gasteiger partial charge on any atom is 0.167 e. The zero-order valence-corrected chi connectivity index (χ0v) is 5.22. The minimum Gasteiger partial charge on any atom is -0.381 e. The molecule has 48 valence electrons. The summed E-state index contributed by atoms with van der Waals surface area (Å²) in [5.74, 6) is 1.04. The molecule has 1 rings (SSSR count). The van der Waals surface area contributed by atoms with Crippen molar-refractivity contribution < 1.29 is 4.52 Å². The number of anilines is 1. The minimum atomic E-state index is 0.396. The number of nitrogens with two attached hydrogens (primary N) is 1. The van der Waals surface area contributed by atoms with E-state index < -0.39 is 0 Å². The van der Waals surface area contributed by atoms with Crippen LogP contribution in [0.4, 0.5) is 5.82 Å². The van der Waals surface area contributed by atoms with Gasteiger partial charge in [-0.3, -0.25) is 0 Å². The highest BCUT2D eigenvalue weighted by Gasteiger charge is 1.98. The lowest BCUT2D eigenvalue weighted by Crippen LogP contribution is -1.79. The van der Waals surface area contributed by atoms with Gasteiger partial charge in [-0.15, -0.1) is 0 Å². The minimum absolute atomic E-state index is 0.396. The van der Waals surface area contributed by atoms with Gasteiger partial charge in [0.2, 0.25) is 0 Å². The Balaban J connectivity index is 2.98. The topological polar surface area (TPSA) is 52.0 Å². The summed E-state index contributed by atoms with van der Waals surface area (Å²) in [6.07, 6.45) is 0. The number of nitrogen functional groups attached to an aromatic ring is 1. The summed E-state index contributed by atoms with van der Waals surface area (Å²) >= 11 is 0. The highest BCUT2D eigenvalue weighted by atomic mass is 16.5. The second-order valence-electron chi connectivity index (χ2n) is 1.90. The number of allylic oxidation sites excluding steroid dienone is 1. The van der Waals surface area contributed by atoms with Crippen molar-refractivity contribution in [2.45, 2.75) is 6.92 Å². The molecule has 0 aliphatic rings. The number of nitrogens with zero attached hydrogens (tertiary/aromatic N) is 1. The van der Waals surface area contributed by atoms with E-state index in [-0.39, 0.29) is 0 Å². The second kappa shape index (κ2) is 1.93. The third kappa shape index (κ3) is 1.10. The van der Waals surface area contributed by atoms with E-state index >= 15 is 0 Å². The van der Waals surface area contributed by atoms with E-state index in [2.05, 4.69) is 11.7 Å². The van der Waals surface area contributed by atoms with Crippen LogP contribution in [0.2, 0.25) is 0 Å². The van der Waals surface area contributed by atoms with Crippen molar-refractivity contribution in [3.05, 3.63) is 18.4 Å². The van der Waals surface area contributed by atoms with Gasteiger partial charge in [-0.25, -0.2) is 0 Å². The van der Waals surface area contributed by atoms with Crippen LogP contribution in [-0.4, -0.2) is 5.16 Å². The fourth-order valence-electron chi connectivity index (χ4n) is 0.490. The van der Waals surface area contributed by atoms with Crippen LogP contribution >= 0.6 is 0 Å². The molecular weight excluding hydrogens is 116 g/mol. The molecule has 2 N–H and O–H groups in total. The molecule has 0 saturated carbocycles. The normalized spacial score (nSPS) is 9.44. The Kier molecular flexibility index (Phi) is 1.26. The number of hydrogen-bond acceptors (Lipinski definition) is 3. The van der Waals surface area contributed by atoms with E-state index in [4.69, 9.17) is 10.3 Å². The van der Waals surface area contributed by atoms with Crippen molar-refractivity contribution in [3.63, 3.8) is 0 Å². The summed E-state index contributed by atoms with van der Waals surface area (Å²) in [7, 11) is 0. The van der Waals surface area contributed by atoms with Crippen molar-refractivity contribution in [3.8, 4) is 0 Å². The number of aromatic nitrogens is 1. The van der Waals surface area contributed by atoms with E-state index in [1.54, 1.807) is 6.07 Å². The first-order valence-electron chi connectivity index (χ1n) is 2.58. The van der Waals surface area contributed by atoms with E-state index in [0.29, 0.717) is 11.6 Å². The average Bonchev–Trinajstić information content (AvgIpc) is 2.14. The van der Waals surface area contributed by atoms with Crippen molar-refractivity contribution in [1.82, 2.24) is 5.16 Å². The molecule has 0 saturated heterocycles. The SMILES string of the molecule is C=C(C)c1cc(N)no1. The lowest BCUT2D eigenvalue weighted by Gasteiger charge is -1.83. The molecule has 1 aromatic rings. The van der Waals surface area contributed by atoms with Gasteiger partial charge in [0.25, 0.3) is 0 Å². The molecule has 0 bridgehead atoms. The summed E-state index contributed by atoms with van der Waals surface area (Å²) in [6.45, 7) is 5.48. The average molecular weight is 124 g/mol. The Bertz CT molecular complexity index is 227. The quantitative estimate of drug-likeness (QED) is 0.613. The smallest absolute Gasteiger partial charge is 0.167 e. The van der Waals surface area contributed by atoms with E-state index in [1.165, 1.54) is 0 Å². The van der Waals surface area contributed by atoms with Crippen molar-refractivity contribution >= 4 is 11.4 Å². The summed E-state index contributed by atoms with van der Waals surface area (Å²) in [5, 5.41) is 3.48. The molecule has 3 nitrogen and oxygen atoms in total. The molecular formula is C6H8N2O. The Hall–Kier alpha value is -1.25. The molecule has 1 aromatic heterocycles. The molecule has 0 aromatic carbocycles. The van der Waals surface area contributed by atoms with E-state index in [0.717, 1.165) is 5.57 Å². The summed E-state index contributed by atoms with van der Waals surface area (Å²) in [5.41, 5.74) is 6.10. The molecule has 0 spiro atoms. The first-order valence-corrected chi connectivity index (χ1v) is 2.58. The van der Waals surface area contributed by atoms with Gasteiger partial charge >= 0.3 is 0 Å². The highest BCUT2D eigenvalue weighted by Crippen LogP contribution is 2.12. The van der Waals surface area contributed by atoms with Gasteiger partial charge in [0, 0.05) is 6.07 Å². The summed E-state index contributed by atoms with van der Waals surface area (Å²) < 4.78 is 4.75. The molecule has 0 aliphatic heterocycles. The zero-order valence-electron chi connectivity index (χ0n) is 5.22. The van der Waals surface area contributed by atoms with Crippen molar-refractivity contribution in [2.75, 3.05) is 5.73 Å². The van der Waals surface area contributed by atoms with Crippen LogP contribution in [0, 0.1) is 0 Å². The Morgan fingerprint density at radius 1 is 1.89 bits per heavy atom.